The van der Waals surface area contributed by atoms with Crippen molar-refractivity contribution in [2.75, 3.05) is 20.2 Å². The first kappa shape index (κ1) is 20.9. The normalized spacial score (nSPS) is 20.9. The smallest absolute Gasteiger partial charge is 0.318 e. The Morgan fingerprint density at radius 2 is 1.62 bits per heavy atom. The predicted octanol–water partition coefficient (Wildman–Crippen LogP) is 2.71. The summed E-state index contributed by atoms with van der Waals surface area (Å²) in [5.74, 6) is -0.126. The molecule has 0 saturated carbocycles. The molecule has 3 amide bonds. The molecular weight excluding hydrogens is 366 g/mol. The molecule has 1 aliphatic heterocycles. The standard InChI is InChI=1S/C23H29N3O3/c1-16(2)24-23(29)26-19(14-25(3)22(28)18-12-8-5-9-13-18)21(20(26)15-27)17-10-6-4-7-11-17/h4-13,16,19-21,27H,14-15H2,1-3H3,(H,24,29)/t19-,20+,21-/m0/s1. The maximum atomic E-state index is 12.8. The molecule has 0 aromatic heterocycles. The van der Waals surface area contributed by atoms with E-state index < -0.39 is 0 Å². The van der Waals surface area contributed by atoms with Crippen LogP contribution in [-0.4, -0.2) is 65.2 Å². The Balaban J connectivity index is 1.85. The molecule has 0 aliphatic carbocycles. The number of aliphatic hydroxyl groups is 1. The number of nitrogens with one attached hydrogen (secondary N) is 1. The van der Waals surface area contributed by atoms with Crippen LogP contribution in [0.1, 0.15) is 35.7 Å². The van der Waals surface area contributed by atoms with Gasteiger partial charge in [0.15, 0.2) is 0 Å². The molecule has 0 radical (unpaired) electrons. The van der Waals surface area contributed by atoms with E-state index in [1.165, 1.54) is 0 Å². The summed E-state index contributed by atoms with van der Waals surface area (Å²) in [6.07, 6.45) is 0. The fourth-order valence-corrected chi connectivity index (χ4v) is 4.06. The summed E-state index contributed by atoms with van der Waals surface area (Å²) in [4.78, 5) is 29.0. The van der Waals surface area contributed by atoms with Gasteiger partial charge in [-0.2, -0.15) is 0 Å². The van der Waals surface area contributed by atoms with E-state index in [1.807, 2.05) is 62.4 Å². The first-order chi connectivity index (χ1) is 13.9. The number of amides is 3. The lowest BCUT2D eigenvalue weighted by molar-refractivity contribution is -0.0190. The van der Waals surface area contributed by atoms with E-state index in [4.69, 9.17) is 0 Å². The number of hydrogen-bond donors (Lipinski definition) is 2. The number of carbonyl (C=O) groups excluding carboxylic acids is 2. The average molecular weight is 396 g/mol. The van der Waals surface area contributed by atoms with Crippen LogP contribution in [0.25, 0.3) is 0 Å². The van der Waals surface area contributed by atoms with Gasteiger partial charge in [0, 0.05) is 31.1 Å². The molecule has 29 heavy (non-hydrogen) atoms. The molecule has 6 heteroatoms. The molecule has 3 atom stereocenters. The molecule has 6 nitrogen and oxygen atoms in total. The molecule has 0 unspecified atom stereocenters. The lowest BCUT2D eigenvalue weighted by atomic mass is 9.75. The third-order valence-electron chi connectivity index (χ3n) is 5.39. The maximum absolute atomic E-state index is 12.8. The molecule has 3 rings (SSSR count). The summed E-state index contributed by atoms with van der Waals surface area (Å²) >= 11 is 0. The summed E-state index contributed by atoms with van der Waals surface area (Å²) < 4.78 is 0. The predicted molar refractivity (Wildman–Crippen MR) is 113 cm³/mol. The second kappa shape index (κ2) is 9.09. The highest BCUT2D eigenvalue weighted by atomic mass is 16.3. The number of benzene rings is 2. The van der Waals surface area contributed by atoms with Gasteiger partial charge in [-0.3, -0.25) is 4.79 Å². The third kappa shape index (κ3) is 4.43. The summed E-state index contributed by atoms with van der Waals surface area (Å²) in [7, 11) is 1.75. The minimum absolute atomic E-state index is 0.0121. The highest BCUT2D eigenvalue weighted by Crippen LogP contribution is 2.41. The molecule has 1 saturated heterocycles. The van der Waals surface area contributed by atoms with Gasteiger partial charge in [-0.1, -0.05) is 48.5 Å². The van der Waals surface area contributed by atoms with E-state index in [-0.39, 0.29) is 42.6 Å². The Morgan fingerprint density at radius 1 is 1.03 bits per heavy atom. The monoisotopic (exact) mass is 395 g/mol. The Hall–Kier alpha value is -2.86. The SMILES string of the molecule is CC(C)NC(=O)N1[C@H](CO)[C@@H](c2ccccc2)[C@@H]1CN(C)C(=O)c1ccccc1. The molecule has 1 heterocycles. The van der Waals surface area contributed by atoms with Gasteiger partial charge >= 0.3 is 6.03 Å². The first-order valence-corrected chi connectivity index (χ1v) is 9.99. The van der Waals surface area contributed by atoms with Gasteiger partial charge < -0.3 is 20.2 Å². The summed E-state index contributed by atoms with van der Waals surface area (Å²) in [6.45, 7) is 4.06. The largest absolute Gasteiger partial charge is 0.394 e. The topological polar surface area (TPSA) is 72.9 Å². The van der Waals surface area contributed by atoms with Crippen molar-refractivity contribution in [1.82, 2.24) is 15.1 Å². The van der Waals surface area contributed by atoms with Crippen LogP contribution in [0.2, 0.25) is 0 Å². The molecule has 0 bridgehead atoms. The Morgan fingerprint density at radius 3 is 2.17 bits per heavy atom. The van der Waals surface area contributed by atoms with Gasteiger partial charge in [0.25, 0.3) is 5.91 Å². The zero-order chi connectivity index (χ0) is 21.0. The number of urea groups is 1. The highest BCUT2D eigenvalue weighted by molar-refractivity contribution is 5.94. The van der Waals surface area contributed by atoms with Crippen LogP contribution < -0.4 is 5.32 Å². The lowest BCUT2D eigenvalue weighted by Crippen LogP contribution is -2.70. The minimum Gasteiger partial charge on any atom is -0.394 e. The zero-order valence-electron chi connectivity index (χ0n) is 17.2. The molecule has 2 N–H and O–H groups in total. The quantitative estimate of drug-likeness (QED) is 0.790. The molecule has 2 aromatic carbocycles. The second-order valence-electron chi connectivity index (χ2n) is 7.82. The van der Waals surface area contributed by atoms with Crippen molar-refractivity contribution in [1.29, 1.82) is 0 Å². The van der Waals surface area contributed by atoms with Gasteiger partial charge in [-0.05, 0) is 31.5 Å². The molecule has 2 aromatic rings. The Labute approximate surface area is 172 Å². The number of hydrogen-bond acceptors (Lipinski definition) is 3. The summed E-state index contributed by atoms with van der Waals surface area (Å²) in [5.41, 5.74) is 1.67. The number of carbonyl (C=O) groups is 2. The van der Waals surface area contributed by atoms with E-state index >= 15 is 0 Å². The number of likely N-dealkylation sites (tertiary alicyclic amines) is 1. The molecule has 1 fully saturated rings. The van der Waals surface area contributed by atoms with Crippen LogP contribution in [0.15, 0.2) is 60.7 Å². The van der Waals surface area contributed by atoms with Gasteiger partial charge in [-0.25, -0.2) is 4.79 Å². The van der Waals surface area contributed by atoms with E-state index in [0.717, 1.165) is 5.56 Å². The van der Waals surface area contributed by atoms with Crippen LogP contribution in [-0.2, 0) is 0 Å². The maximum Gasteiger partial charge on any atom is 0.318 e. The lowest BCUT2D eigenvalue weighted by Gasteiger charge is -2.55. The number of aliphatic hydroxyl groups excluding tert-OH is 1. The van der Waals surface area contributed by atoms with Crippen molar-refractivity contribution < 1.29 is 14.7 Å². The van der Waals surface area contributed by atoms with E-state index in [1.54, 1.807) is 29.0 Å². The van der Waals surface area contributed by atoms with Crippen molar-refractivity contribution in [2.45, 2.75) is 37.9 Å². The number of rotatable bonds is 6. The average Bonchev–Trinajstić information content (AvgIpc) is 2.71. The minimum atomic E-state index is -0.318. The molecule has 0 spiro atoms. The van der Waals surface area contributed by atoms with Crippen LogP contribution in [0.4, 0.5) is 4.79 Å². The van der Waals surface area contributed by atoms with E-state index in [2.05, 4.69) is 5.32 Å². The van der Waals surface area contributed by atoms with Crippen molar-refractivity contribution in [3.05, 3.63) is 71.8 Å². The summed E-state index contributed by atoms with van der Waals surface area (Å²) in [6, 6.07) is 18.2. The molecular formula is C23H29N3O3. The summed E-state index contributed by atoms with van der Waals surface area (Å²) in [5, 5.41) is 12.9. The van der Waals surface area contributed by atoms with Gasteiger partial charge in [-0.15, -0.1) is 0 Å². The molecule has 1 aliphatic rings. The second-order valence-corrected chi connectivity index (χ2v) is 7.82. The van der Waals surface area contributed by atoms with Crippen molar-refractivity contribution in [3.63, 3.8) is 0 Å². The zero-order valence-corrected chi connectivity index (χ0v) is 17.2. The van der Waals surface area contributed by atoms with Crippen LogP contribution >= 0.6 is 0 Å². The van der Waals surface area contributed by atoms with Crippen LogP contribution in [0.3, 0.4) is 0 Å². The Kier molecular flexibility index (Phi) is 6.54. The van der Waals surface area contributed by atoms with Crippen LogP contribution in [0.5, 0.6) is 0 Å². The van der Waals surface area contributed by atoms with Crippen molar-refractivity contribution >= 4 is 11.9 Å². The number of likely N-dealkylation sites (N-methyl/N-ethyl adjacent to an activating group) is 1. The van der Waals surface area contributed by atoms with Crippen molar-refractivity contribution in [3.8, 4) is 0 Å². The third-order valence-corrected chi connectivity index (χ3v) is 5.39. The van der Waals surface area contributed by atoms with E-state index in [0.29, 0.717) is 12.1 Å². The fraction of sp³-hybridized carbons (Fsp3) is 0.391. The highest BCUT2D eigenvalue weighted by Gasteiger charge is 2.51. The van der Waals surface area contributed by atoms with Crippen molar-refractivity contribution in [2.24, 2.45) is 0 Å². The molecule has 154 valence electrons. The van der Waals surface area contributed by atoms with Gasteiger partial charge in [0.1, 0.15) is 0 Å². The van der Waals surface area contributed by atoms with Crippen LogP contribution in [0, 0.1) is 0 Å². The van der Waals surface area contributed by atoms with Gasteiger partial charge in [0.05, 0.1) is 18.7 Å². The Bertz CT molecular complexity index is 826. The fourth-order valence-electron chi connectivity index (χ4n) is 4.06. The van der Waals surface area contributed by atoms with Gasteiger partial charge in [0.2, 0.25) is 0 Å². The number of nitrogens with zero attached hydrogens (tertiary/aromatic N) is 2. The van der Waals surface area contributed by atoms with E-state index in [9.17, 15) is 14.7 Å². The first-order valence-electron chi connectivity index (χ1n) is 9.99.